The lowest BCUT2D eigenvalue weighted by atomic mass is 10.4. The van der Waals surface area contributed by atoms with Gasteiger partial charge in [-0.05, 0) is 0 Å². The molecule has 1 N–H and O–H groups in total. The summed E-state index contributed by atoms with van der Waals surface area (Å²) in [6.45, 7) is 6.08. The van der Waals surface area contributed by atoms with Gasteiger partial charge < -0.3 is 10.2 Å². The molecule has 2 heterocycles. The Labute approximate surface area is 101 Å². The number of rotatable bonds is 5. The van der Waals surface area contributed by atoms with Gasteiger partial charge in [-0.2, -0.15) is 0 Å². The van der Waals surface area contributed by atoms with Crippen LogP contribution in [0.15, 0.2) is 18.7 Å². The molecule has 0 saturated carbocycles. The van der Waals surface area contributed by atoms with Gasteiger partial charge in [-0.15, -0.1) is 10.2 Å². The maximum absolute atomic E-state index is 4.35. The first kappa shape index (κ1) is 11.8. The standard InChI is InChI=1S/C11H18N6/c1-9(2)12-4-6-16(3)10-11-15-14-8-17(11)7-5-13-10/h5,7-9,12H,4,6H2,1-3H3. The lowest BCUT2D eigenvalue weighted by Gasteiger charge is -2.19. The first-order chi connectivity index (χ1) is 8.18. The lowest BCUT2D eigenvalue weighted by Crippen LogP contribution is -2.33. The molecule has 0 aliphatic rings. The van der Waals surface area contributed by atoms with Crippen molar-refractivity contribution < 1.29 is 0 Å². The van der Waals surface area contributed by atoms with Crippen molar-refractivity contribution in [2.45, 2.75) is 19.9 Å². The third kappa shape index (κ3) is 2.71. The molecule has 0 spiro atoms. The Morgan fingerprint density at radius 1 is 1.47 bits per heavy atom. The minimum absolute atomic E-state index is 0.500. The van der Waals surface area contributed by atoms with Crippen molar-refractivity contribution in [3.63, 3.8) is 0 Å². The molecule has 0 atom stereocenters. The van der Waals surface area contributed by atoms with Crippen molar-refractivity contribution in [2.24, 2.45) is 0 Å². The monoisotopic (exact) mass is 234 g/mol. The zero-order chi connectivity index (χ0) is 12.3. The van der Waals surface area contributed by atoms with Crippen LogP contribution in [0.3, 0.4) is 0 Å². The van der Waals surface area contributed by atoms with Gasteiger partial charge in [-0.1, -0.05) is 13.8 Å². The average molecular weight is 234 g/mol. The van der Waals surface area contributed by atoms with E-state index >= 15 is 0 Å². The minimum atomic E-state index is 0.500. The van der Waals surface area contributed by atoms with E-state index in [1.165, 1.54) is 0 Å². The van der Waals surface area contributed by atoms with Crippen LogP contribution in [0.25, 0.3) is 5.65 Å². The predicted octanol–water partition coefficient (Wildman–Crippen LogP) is 0.558. The third-order valence-corrected chi connectivity index (χ3v) is 2.56. The Hall–Kier alpha value is -1.69. The quantitative estimate of drug-likeness (QED) is 0.819. The summed E-state index contributed by atoms with van der Waals surface area (Å²) in [6.07, 6.45) is 5.29. The van der Waals surface area contributed by atoms with Gasteiger partial charge in [0.25, 0.3) is 0 Å². The first-order valence-electron chi connectivity index (χ1n) is 5.77. The van der Waals surface area contributed by atoms with E-state index in [4.69, 9.17) is 0 Å². The summed E-state index contributed by atoms with van der Waals surface area (Å²) in [5.74, 6) is 0.857. The Bertz CT molecular complexity index is 478. The highest BCUT2D eigenvalue weighted by molar-refractivity contribution is 5.62. The second-order valence-corrected chi connectivity index (χ2v) is 4.34. The second-order valence-electron chi connectivity index (χ2n) is 4.34. The minimum Gasteiger partial charge on any atom is -0.355 e. The normalized spacial score (nSPS) is 11.3. The summed E-state index contributed by atoms with van der Waals surface area (Å²) in [4.78, 5) is 6.43. The number of nitrogens with one attached hydrogen (secondary N) is 1. The van der Waals surface area contributed by atoms with E-state index in [2.05, 4.69) is 39.2 Å². The molecule has 0 aliphatic heterocycles. The van der Waals surface area contributed by atoms with Gasteiger partial charge >= 0.3 is 0 Å². The number of hydrogen-bond acceptors (Lipinski definition) is 5. The molecule has 0 unspecified atom stereocenters. The molecule has 0 fully saturated rings. The van der Waals surface area contributed by atoms with Crippen LogP contribution in [-0.2, 0) is 0 Å². The number of likely N-dealkylation sites (N-methyl/N-ethyl adjacent to an activating group) is 1. The van der Waals surface area contributed by atoms with Gasteiger partial charge in [-0.25, -0.2) is 4.98 Å². The highest BCUT2D eigenvalue weighted by atomic mass is 15.3. The highest BCUT2D eigenvalue weighted by Gasteiger charge is 2.09. The van der Waals surface area contributed by atoms with Crippen LogP contribution >= 0.6 is 0 Å². The van der Waals surface area contributed by atoms with Crippen molar-refractivity contribution in [2.75, 3.05) is 25.0 Å². The molecular weight excluding hydrogens is 216 g/mol. The fourth-order valence-corrected chi connectivity index (χ4v) is 1.64. The van der Waals surface area contributed by atoms with Gasteiger partial charge in [0.05, 0.1) is 0 Å². The van der Waals surface area contributed by atoms with Crippen molar-refractivity contribution in [3.05, 3.63) is 18.7 Å². The summed E-state index contributed by atoms with van der Waals surface area (Å²) in [5.41, 5.74) is 0.791. The summed E-state index contributed by atoms with van der Waals surface area (Å²) in [6, 6.07) is 0.500. The fraction of sp³-hybridized carbons (Fsp3) is 0.545. The topological polar surface area (TPSA) is 58.4 Å². The fourth-order valence-electron chi connectivity index (χ4n) is 1.64. The molecule has 0 aromatic carbocycles. The molecule has 17 heavy (non-hydrogen) atoms. The zero-order valence-electron chi connectivity index (χ0n) is 10.5. The van der Waals surface area contributed by atoms with Crippen LogP contribution in [-0.4, -0.2) is 45.8 Å². The van der Waals surface area contributed by atoms with Gasteiger partial charge in [0.2, 0.25) is 5.65 Å². The van der Waals surface area contributed by atoms with Gasteiger partial charge in [-0.3, -0.25) is 4.40 Å². The number of fused-ring (bicyclic) bond motifs is 1. The van der Waals surface area contributed by atoms with Crippen LogP contribution in [0, 0.1) is 0 Å². The Kier molecular flexibility index (Phi) is 3.53. The Balaban J connectivity index is 2.08. The van der Waals surface area contributed by atoms with E-state index in [0.29, 0.717) is 6.04 Å². The molecule has 92 valence electrons. The summed E-state index contributed by atoms with van der Waals surface area (Å²) in [5, 5.41) is 11.3. The lowest BCUT2D eigenvalue weighted by molar-refractivity contribution is 0.588. The van der Waals surface area contributed by atoms with Gasteiger partial charge in [0, 0.05) is 38.6 Å². The van der Waals surface area contributed by atoms with E-state index in [9.17, 15) is 0 Å². The van der Waals surface area contributed by atoms with Crippen molar-refractivity contribution >= 4 is 11.5 Å². The SMILES string of the molecule is CC(C)NCCN(C)c1nccn2cnnc12. The van der Waals surface area contributed by atoms with E-state index in [-0.39, 0.29) is 0 Å². The van der Waals surface area contributed by atoms with Crippen LogP contribution in [0.1, 0.15) is 13.8 Å². The molecule has 6 nitrogen and oxygen atoms in total. The highest BCUT2D eigenvalue weighted by Crippen LogP contribution is 2.13. The molecule has 0 aliphatic carbocycles. The molecule has 0 amide bonds. The van der Waals surface area contributed by atoms with E-state index < -0.39 is 0 Å². The van der Waals surface area contributed by atoms with E-state index in [1.54, 1.807) is 12.5 Å². The number of nitrogens with zero attached hydrogens (tertiary/aromatic N) is 5. The number of aromatic nitrogens is 4. The number of anilines is 1. The zero-order valence-corrected chi connectivity index (χ0v) is 10.5. The maximum atomic E-state index is 4.35. The summed E-state index contributed by atoms with van der Waals surface area (Å²) >= 11 is 0. The Morgan fingerprint density at radius 2 is 2.29 bits per heavy atom. The smallest absolute Gasteiger partial charge is 0.203 e. The molecule has 0 bridgehead atoms. The second kappa shape index (κ2) is 5.09. The molecule has 0 saturated heterocycles. The van der Waals surface area contributed by atoms with Crippen molar-refractivity contribution in [1.29, 1.82) is 0 Å². The Morgan fingerprint density at radius 3 is 3.06 bits per heavy atom. The van der Waals surface area contributed by atoms with Crippen LogP contribution < -0.4 is 10.2 Å². The summed E-state index contributed by atoms with van der Waals surface area (Å²) in [7, 11) is 2.01. The van der Waals surface area contributed by atoms with E-state index in [0.717, 1.165) is 24.6 Å². The van der Waals surface area contributed by atoms with Crippen molar-refractivity contribution in [3.8, 4) is 0 Å². The van der Waals surface area contributed by atoms with Gasteiger partial charge in [0.15, 0.2) is 5.82 Å². The first-order valence-corrected chi connectivity index (χ1v) is 5.77. The van der Waals surface area contributed by atoms with Crippen LogP contribution in [0.5, 0.6) is 0 Å². The van der Waals surface area contributed by atoms with E-state index in [1.807, 2.05) is 17.6 Å². The average Bonchev–Trinajstić information content (AvgIpc) is 2.75. The molecule has 2 aromatic heterocycles. The van der Waals surface area contributed by atoms with Crippen LogP contribution in [0.4, 0.5) is 5.82 Å². The molecule has 2 aromatic rings. The van der Waals surface area contributed by atoms with Crippen LogP contribution in [0.2, 0.25) is 0 Å². The van der Waals surface area contributed by atoms with Crippen molar-refractivity contribution in [1.82, 2.24) is 24.9 Å². The molecule has 2 rings (SSSR count). The largest absolute Gasteiger partial charge is 0.355 e. The number of hydrogen-bond donors (Lipinski definition) is 1. The predicted molar refractivity (Wildman–Crippen MR) is 67.2 cm³/mol. The molecule has 0 radical (unpaired) electrons. The van der Waals surface area contributed by atoms with Gasteiger partial charge in [0.1, 0.15) is 6.33 Å². The third-order valence-electron chi connectivity index (χ3n) is 2.56. The maximum Gasteiger partial charge on any atom is 0.203 e. The molecular formula is C11H18N6. The summed E-state index contributed by atoms with van der Waals surface area (Å²) < 4.78 is 1.87. The molecule has 6 heteroatoms.